The highest BCUT2D eigenvalue weighted by Gasteiger charge is 2.17. The summed E-state index contributed by atoms with van der Waals surface area (Å²) in [5, 5.41) is 2.20. The fourth-order valence-corrected chi connectivity index (χ4v) is 3.43. The Morgan fingerprint density at radius 1 is 0.565 bits per heavy atom. The molecule has 0 bridgehead atoms. The van der Waals surface area contributed by atoms with Crippen molar-refractivity contribution in [2.45, 2.75) is 0 Å². The Labute approximate surface area is 151 Å². The van der Waals surface area contributed by atoms with Gasteiger partial charge in [-0.1, -0.05) is 60.7 Å². The van der Waals surface area contributed by atoms with Crippen molar-refractivity contribution in [3.05, 3.63) is 81.7 Å². The molecule has 1 nitrogen and oxygen atoms in total. The van der Waals surface area contributed by atoms with E-state index in [0.29, 0.717) is 0 Å². The lowest BCUT2D eigenvalue weighted by Crippen LogP contribution is -1.76. The topological polar surface area (TPSA) is 13.1 Å². The zero-order valence-corrected chi connectivity index (χ0v) is 15.3. The van der Waals surface area contributed by atoms with Crippen LogP contribution in [0, 0.1) is 0 Å². The van der Waals surface area contributed by atoms with Gasteiger partial charge in [-0.25, -0.2) is 0 Å². The van der Waals surface area contributed by atoms with Crippen LogP contribution >= 0.6 is 31.9 Å². The van der Waals surface area contributed by atoms with Crippen LogP contribution < -0.4 is 0 Å². The molecule has 0 spiro atoms. The van der Waals surface area contributed by atoms with E-state index in [2.05, 4.69) is 68.3 Å². The maximum absolute atomic E-state index is 6.31. The minimum absolute atomic E-state index is 0.896. The maximum Gasteiger partial charge on any atom is 0.142 e. The van der Waals surface area contributed by atoms with E-state index >= 15 is 0 Å². The monoisotopic (exact) mass is 426 g/mol. The van der Waals surface area contributed by atoms with Crippen molar-refractivity contribution >= 4 is 42.6 Å². The van der Waals surface area contributed by atoms with Gasteiger partial charge in [0, 0.05) is 30.8 Å². The van der Waals surface area contributed by atoms with Crippen LogP contribution in [-0.2, 0) is 0 Å². The molecule has 0 amide bonds. The predicted molar refractivity (Wildman–Crippen MR) is 102 cm³/mol. The Hall–Kier alpha value is -1.84. The highest BCUT2D eigenvalue weighted by molar-refractivity contribution is 9.13. The summed E-state index contributed by atoms with van der Waals surface area (Å²) in [5.41, 5.74) is 2.16. The summed E-state index contributed by atoms with van der Waals surface area (Å²) in [4.78, 5) is 0. The van der Waals surface area contributed by atoms with E-state index in [9.17, 15) is 0 Å². The van der Waals surface area contributed by atoms with Crippen molar-refractivity contribution in [3.63, 3.8) is 0 Å². The molecule has 0 saturated heterocycles. The van der Waals surface area contributed by atoms with Crippen LogP contribution in [0.2, 0.25) is 0 Å². The number of rotatable bonds is 2. The average molecular weight is 428 g/mol. The average Bonchev–Trinajstić information content (AvgIpc) is 2.95. The number of hydrogen-bond donors (Lipinski definition) is 0. The summed E-state index contributed by atoms with van der Waals surface area (Å²) < 4.78 is 8.34. The smallest absolute Gasteiger partial charge is 0.142 e. The molecule has 4 aromatic rings. The van der Waals surface area contributed by atoms with Gasteiger partial charge in [-0.15, -0.1) is 0 Å². The molecule has 0 aliphatic rings. The summed E-state index contributed by atoms with van der Waals surface area (Å²) in [6.45, 7) is 0. The number of benzene rings is 3. The molecular formula is C20H12Br2O. The van der Waals surface area contributed by atoms with E-state index in [1.165, 1.54) is 0 Å². The standard InChI is InChI=1S/C20H12Br2O/c21-17-11-15-16(12-18(17)22)20(14-9-5-2-6-10-14)23-19(15)13-7-3-1-4-8-13/h1-12H. The van der Waals surface area contributed by atoms with Gasteiger partial charge in [0.1, 0.15) is 11.5 Å². The Kier molecular flexibility index (Phi) is 3.83. The number of fused-ring (bicyclic) bond motifs is 1. The van der Waals surface area contributed by atoms with Crippen LogP contribution in [0.3, 0.4) is 0 Å². The largest absolute Gasteiger partial charge is 0.455 e. The second-order valence-electron chi connectivity index (χ2n) is 5.30. The van der Waals surface area contributed by atoms with Crippen molar-refractivity contribution in [1.82, 2.24) is 0 Å². The van der Waals surface area contributed by atoms with E-state index in [1.807, 2.05) is 36.4 Å². The fourth-order valence-electron chi connectivity index (χ4n) is 2.74. The molecule has 3 aromatic carbocycles. The summed E-state index contributed by atoms with van der Waals surface area (Å²) in [7, 11) is 0. The molecule has 0 aliphatic heterocycles. The van der Waals surface area contributed by atoms with Gasteiger partial charge in [0.2, 0.25) is 0 Å². The molecule has 112 valence electrons. The molecule has 1 heterocycles. The highest BCUT2D eigenvalue weighted by Crippen LogP contribution is 2.42. The molecule has 0 radical (unpaired) electrons. The first-order valence-electron chi connectivity index (χ1n) is 7.26. The normalized spacial score (nSPS) is 11.0. The molecule has 1 aromatic heterocycles. The van der Waals surface area contributed by atoms with Crippen LogP contribution in [0.15, 0.2) is 86.2 Å². The van der Waals surface area contributed by atoms with Crippen molar-refractivity contribution in [3.8, 4) is 22.6 Å². The summed E-state index contributed by atoms with van der Waals surface area (Å²) >= 11 is 7.20. The first-order valence-corrected chi connectivity index (χ1v) is 8.85. The molecule has 0 fully saturated rings. The Morgan fingerprint density at radius 3 is 1.35 bits per heavy atom. The van der Waals surface area contributed by atoms with Gasteiger partial charge in [0.05, 0.1) is 0 Å². The number of halogens is 2. The van der Waals surface area contributed by atoms with Gasteiger partial charge in [0.25, 0.3) is 0 Å². The number of furan rings is 1. The van der Waals surface area contributed by atoms with E-state index in [1.54, 1.807) is 0 Å². The van der Waals surface area contributed by atoms with E-state index in [4.69, 9.17) is 4.42 Å². The molecule has 0 unspecified atom stereocenters. The van der Waals surface area contributed by atoms with Gasteiger partial charge < -0.3 is 4.42 Å². The second-order valence-corrected chi connectivity index (χ2v) is 7.01. The molecule has 23 heavy (non-hydrogen) atoms. The third kappa shape index (κ3) is 2.64. The molecule has 0 N–H and O–H groups in total. The molecule has 0 aliphatic carbocycles. The fraction of sp³-hybridized carbons (Fsp3) is 0. The third-order valence-electron chi connectivity index (χ3n) is 3.83. The van der Waals surface area contributed by atoms with Gasteiger partial charge in [-0.2, -0.15) is 0 Å². The van der Waals surface area contributed by atoms with Crippen molar-refractivity contribution in [1.29, 1.82) is 0 Å². The maximum atomic E-state index is 6.31. The third-order valence-corrected chi connectivity index (χ3v) is 5.67. The molecule has 0 saturated carbocycles. The minimum Gasteiger partial charge on any atom is -0.455 e. The van der Waals surface area contributed by atoms with Gasteiger partial charge in [-0.05, 0) is 44.0 Å². The minimum atomic E-state index is 0.896. The molecular weight excluding hydrogens is 416 g/mol. The SMILES string of the molecule is Brc1cc2c(-c3ccccc3)oc(-c3ccccc3)c2cc1Br. The quantitative estimate of drug-likeness (QED) is 0.327. The summed E-state index contributed by atoms with van der Waals surface area (Å²) in [6, 6.07) is 24.6. The van der Waals surface area contributed by atoms with Crippen LogP contribution in [-0.4, -0.2) is 0 Å². The molecule has 4 rings (SSSR count). The first kappa shape index (κ1) is 14.7. The lowest BCUT2D eigenvalue weighted by Gasteiger charge is -2.00. The zero-order valence-electron chi connectivity index (χ0n) is 12.1. The first-order chi connectivity index (χ1) is 11.2. The van der Waals surface area contributed by atoms with Crippen molar-refractivity contribution < 1.29 is 4.42 Å². The lowest BCUT2D eigenvalue weighted by atomic mass is 10.0. The highest BCUT2D eigenvalue weighted by atomic mass is 79.9. The Bertz CT molecular complexity index is 893. The van der Waals surface area contributed by atoms with Crippen LogP contribution in [0.5, 0.6) is 0 Å². The zero-order chi connectivity index (χ0) is 15.8. The van der Waals surface area contributed by atoms with Crippen LogP contribution in [0.25, 0.3) is 33.4 Å². The van der Waals surface area contributed by atoms with Gasteiger partial charge in [-0.3, -0.25) is 0 Å². The molecule has 3 heteroatoms. The van der Waals surface area contributed by atoms with Gasteiger partial charge in [0.15, 0.2) is 0 Å². The lowest BCUT2D eigenvalue weighted by molar-refractivity contribution is 0.602. The second kappa shape index (κ2) is 5.99. The van der Waals surface area contributed by atoms with Gasteiger partial charge >= 0.3 is 0 Å². The number of hydrogen-bond acceptors (Lipinski definition) is 1. The Balaban J connectivity index is 2.07. The van der Waals surface area contributed by atoms with Crippen LogP contribution in [0.1, 0.15) is 0 Å². The van der Waals surface area contributed by atoms with E-state index < -0.39 is 0 Å². The van der Waals surface area contributed by atoms with E-state index in [-0.39, 0.29) is 0 Å². The van der Waals surface area contributed by atoms with Crippen molar-refractivity contribution in [2.75, 3.05) is 0 Å². The molecule has 0 atom stereocenters. The van der Waals surface area contributed by atoms with E-state index in [0.717, 1.165) is 42.4 Å². The van der Waals surface area contributed by atoms with Crippen LogP contribution in [0.4, 0.5) is 0 Å². The van der Waals surface area contributed by atoms with Crippen molar-refractivity contribution in [2.24, 2.45) is 0 Å². The summed E-state index contributed by atoms with van der Waals surface area (Å²) in [6.07, 6.45) is 0. The summed E-state index contributed by atoms with van der Waals surface area (Å²) in [5.74, 6) is 1.79. The Morgan fingerprint density at radius 2 is 0.957 bits per heavy atom. The predicted octanol–water partition coefficient (Wildman–Crippen LogP) is 7.29.